The van der Waals surface area contributed by atoms with E-state index < -0.39 is 18.1 Å². The predicted molar refractivity (Wildman–Crippen MR) is 117 cm³/mol. The second-order valence-electron chi connectivity index (χ2n) is 8.03. The van der Waals surface area contributed by atoms with Crippen LogP contribution in [0.2, 0.25) is 5.02 Å². The third-order valence-electron chi connectivity index (χ3n) is 6.10. The van der Waals surface area contributed by atoms with Crippen molar-refractivity contribution in [2.45, 2.75) is 58.0 Å². The lowest BCUT2D eigenvalue weighted by molar-refractivity contribution is -0.138. The Bertz CT molecular complexity index is 1020. The van der Waals surface area contributed by atoms with Crippen LogP contribution in [0.4, 0.5) is 0 Å². The van der Waals surface area contributed by atoms with Crippen LogP contribution in [0.1, 0.15) is 59.4 Å². The maximum atomic E-state index is 12.7. The van der Waals surface area contributed by atoms with Gasteiger partial charge in [-0.2, -0.15) is 10.4 Å². The summed E-state index contributed by atoms with van der Waals surface area (Å²) in [6, 6.07) is 9.77. The number of aromatic nitrogens is 2. The maximum absolute atomic E-state index is 12.7. The molecule has 8 heteroatoms. The second kappa shape index (κ2) is 9.52. The minimum absolute atomic E-state index is 0.343. The summed E-state index contributed by atoms with van der Waals surface area (Å²) in [6.07, 6.45) is 4.18. The number of aryl methyl sites for hydroxylation is 1. The van der Waals surface area contributed by atoms with E-state index in [1.807, 2.05) is 18.2 Å². The van der Waals surface area contributed by atoms with E-state index in [1.165, 1.54) is 4.90 Å². The molecule has 0 unspecified atom stereocenters. The number of ether oxygens (including phenoxy) is 1. The van der Waals surface area contributed by atoms with E-state index in [2.05, 4.69) is 11.2 Å². The first-order valence-corrected chi connectivity index (χ1v) is 10.8. The van der Waals surface area contributed by atoms with Gasteiger partial charge in [0, 0.05) is 12.1 Å². The van der Waals surface area contributed by atoms with Crippen LogP contribution in [-0.4, -0.2) is 45.8 Å². The molecule has 0 spiro atoms. The average Bonchev–Trinajstić information content (AvgIpc) is 3.06. The van der Waals surface area contributed by atoms with Crippen molar-refractivity contribution in [1.29, 1.82) is 5.26 Å². The van der Waals surface area contributed by atoms with Crippen molar-refractivity contribution in [2.24, 2.45) is 0 Å². The number of rotatable bonds is 6. The summed E-state index contributed by atoms with van der Waals surface area (Å²) in [5.74, 6) is -0.979. The van der Waals surface area contributed by atoms with Gasteiger partial charge in [0.05, 0.1) is 24.0 Å². The van der Waals surface area contributed by atoms with Crippen molar-refractivity contribution in [2.75, 3.05) is 13.7 Å². The fourth-order valence-corrected chi connectivity index (χ4v) is 4.32. The summed E-state index contributed by atoms with van der Waals surface area (Å²) in [5, 5.41) is 14.7. The molecule has 0 N–H and O–H groups in total. The average molecular weight is 443 g/mol. The minimum Gasteiger partial charge on any atom is -0.452 e. The number of esters is 1. The first-order valence-electron chi connectivity index (χ1n) is 10.4. The van der Waals surface area contributed by atoms with E-state index in [-0.39, 0.29) is 5.91 Å². The lowest BCUT2D eigenvalue weighted by Gasteiger charge is -2.38. The van der Waals surface area contributed by atoms with Gasteiger partial charge >= 0.3 is 5.97 Å². The molecule has 1 fully saturated rings. The number of halogens is 1. The highest BCUT2D eigenvalue weighted by atomic mass is 35.5. The molecule has 1 saturated carbocycles. The Labute approximate surface area is 187 Å². The first-order chi connectivity index (χ1) is 14.8. The Morgan fingerprint density at radius 2 is 1.94 bits per heavy atom. The molecule has 3 rings (SSSR count). The molecule has 1 aromatic carbocycles. The van der Waals surface area contributed by atoms with Crippen molar-refractivity contribution in [3.05, 3.63) is 51.8 Å². The Morgan fingerprint density at radius 1 is 1.26 bits per heavy atom. The van der Waals surface area contributed by atoms with Crippen molar-refractivity contribution in [3.8, 4) is 6.07 Å². The normalized spacial score (nSPS) is 15.2. The molecule has 1 heterocycles. The van der Waals surface area contributed by atoms with Crippen LogP contribution in [0.25, 0.3) is 0 Å². The molecular weight excluding hydrogens is 416 g/mol. The molecular formula is C23H27ClN4O3. The van der Waals surface area contributed by atoms with Crippen LogP contribution < -0.4 is 0 Å². The minimum atomic E-state index is -0.812. The van der Waals surface area contributed by atoms with Gasteiger partial charge in [0.25, 0.3) is 5.91 Å². The Morgan fingerprint density at radius 3 is 2.58 bits per heavy atom. The quantitative estimate of drug-likeness (QED) is 0.630. The fraction of sp³-hybridized carbons (Fsp3) is 0.478. The second-order valence-corrected chi connectivity index (χ2v) is 8.44. The number of hydrogen-bond donors (Lipinski definition) is 0. The predicted octanol–water partition coefficient (Wildman–Crippen LogP) is 4.04. The zero-order valence-electron chi connectivity index (χ0n) is 18.2. The van der Waals surface area contributed by atoms with E-state index >= 15 is 0 Å². The van der Waals surface area contributed by atoms with Gasteiger partial charge < -0.3 is 9.64 Å². The van der Waals surface area contributed by atoms with Gasteiger partial charge in [-0.25, -0.2) is 4.79 Å². The van der Waals surface area contributed by atoms with Gasteiger partial charge in [0.15, 0.2) is 6.61 Å². The van der Waals surface area contributed by atoms with E-state index in [1.54, 1.807) is 31.6 Å². The third-order valence-corrected chi connectivity index (χ3v) is 6.46. The highest BCUT2D eigenvalue weighted by Crippen LogP contribution is 2.32. The van der Waals surface area contributed by atoms with Crippen LogP contribution in [0.3, 0.4) is 0 Å². The standard InChI is InChI=1S/C23H27ClN4O3/c1-16-21(17(2)28(26-16)13-18-9-5-6-10-19(18)24)22(30)31-14-20(29)27(3)23(15-25)11-7-4-8-12-23/h5-6,9-10H,4,7-8,11-14H2,1-3H3. The van der Waals surface area contributed by atoms with Crippen molar-refractivity contribution in [3.63, 3.8) is 0 Å². The maximum Gasteiger partial charge on any atom is 0.342 e. The molecule has 1 aromatic heterocycles. The number of carbonyl (C=O) groups is 2. The van der Waals surface area contributed by atoms with E-state index in [4.69, 9.17) is 16.3 Å². The van der Waals surface area contributed by atoms with Crippen molar-refractivity contribution in [1.82, 2.24) is 14.7 Å². The van der Waals surface area contributed by atoms with E-state index in [0.717, 1.165) is 24.8 Å². The molecule has 1 aliphatic carbocycles. The third kappa shape index (κ3) is 4.75. The molecule has 1 amide bonds. The van der Waals surface area contributed by atoms with Crippen LogP contribution in [0, 0.1) is 25.2 Å². The number of hydrogen-bond acceptors (Lipinski definition) is 5. The number of likely N-dealkylation sites (N-methyl/N-ethyl adjacent to an activating group) is 1. The Kier molecular flexibility index (Phi) is 7.01. The molecule has 0 radical (unpaired) electrons. The van der Waals surface area contributed by atoms with E-state index in [0.29, 0.717) is 41.4 Å². The molecule has 0 saturated heterocycles. The lowest BCUT2D eigenvalue weighted by atomic mass is 9.81. The summed E-state index contributed by atoms with van der Waals surface area (Å²) in [5.41, 5.74) is 1.59. The molecule has 0 aliphatic heterocycles. The van der Waals surface area contributed by atoms with Crippen LogP contribution in [-0.2, 0) is 16.1 Å². The van der Waals surface area contributed by atoms with Crippen LogP contribution >= 0.6 is 11.6 Å². The summed E-state index contributed by atoms with van der Waals surface area (Å²) < 4.78 is 7.02. The Balaban J connectivity index is 1.68. The zero-order chi connectivity index (χ0) is 22.6. The lowest BCUT2D eigenvalue weighted by Crippen LogP contribution is -2.51. The number of benzene rings is 1. The van der Waals surface area contributed by atoms with Gasteiger partial charge in [0.1, 0.15) is 11.1 Å². The van der Waals surface area contributed by atoms with Gasteiger partial charge in [0.2, 0.25) is 0 Å². The van der Waals surface area contributed by atoms with Crippen molar-refractivity contribution >= 4 is 23.5 Å². The summed E-state index contributed by atoms with van der Waals surface area (Å²) in [6.45, 7) is 3.53. The number of carbonyl (C=O) groups excluding carboxylic acids is 2. The molecule has 7 nitrogen and oxygen atoms in total. The van der Waals surface area contributed by atoms with Crippen molar-refractivity contribution < 1.29 is 14.3 Å². The highest BCUT2D eigenvalue weighted by Gasteiger charge is 2.39. The Hall–Kier alpha value is -2.85. The van der Waals surface area contributed by atoms with Gasteiger partial charge in [-0.05, 0) is 38.3 Å². The summed E-state index contributed by atoms with van der Waals surface area (Å²) in [4.78, 5) is 26.8. The molecule has 1 aliphatic rings. The molecule has 164 valence electrons. The number of nitriles is 1. The molecule has 31 heavy (non-hydrogen) atoms. The monoisotopic (exact) mass is 442 g/mol. The van der Waals surface area contributed by atoms with Crippen LogP contribution in [0.5, 0.6) is 0 Å². The fourth-order valence-electron chi connectivity index (χ4n) is 4.13. The number of nitrogens with zero attached hydrogens (tertiary/aromatic N) is 4. The van der Waals surface area contributed by atoms with Gasteiger partial charge in [-0.15, -0.1) is 0 Å². The molecule has 0 bridgehead atoms. The zero-order valence-corrected chi connectivity index (χ0v) is 18.9. The SMILES string of the molecule is Cc1nn(Cc2ccccc2Cl)c(C)c1C(=O)OCC(=O)N(C)C1(C#N)CCCCC1. The molecule has 2 aromatic rings. The number of amides is 1. The van der Waals surface area contributed by atoms with E-state index in [9.17, 15) is 14.9 Å². The largest absolute Gasteiger partial charge is 0.452 e. The van der Waals surface area contributed by atoms with Gasteiger partial charge in [-0.1, -0.05) is 49.1 Å². The topological polar surface area (TPSA) is 88.2 Å². The van der Waals surface area contributed by atoms with Gasteiger partial charge in [-0.3, -0.25) is 9.48 Å². The summed E-state index contributed by atoms with van der Waals surface area (Å²) >= 11 is 6.24. The van der Waals surface area contributed by atoms with Crippen LogP contribution in [0.15, 0.2) is 24.3 Å². The summed E-state index contributed by atoms with van der Waals surface area (Å²) in [7, 11) is 1.61. The smallest absolute Gasteiger partial charge is 0.342 e. The highest BCUT2D eigenvalue weighted by molar-refractivity contribution is 6.31. The molecule has 0 atom stereocenters. The first kappa shape index (κ1) is 22.8.